The molecule has 2 aromatic carbocycles. The van der Waals surface area contributed by atoms with Crippen LogP contribution in [0.3, 0.4) is 0 Å². The van der Waals surface area contributed by atoms with E-state index < -0.39 is 5.91 Å². The Bertz CT molecular complexity index is 1030. The Balaban J connectivity index is 1.62. The minimum atomic E-state index is -0.427. The van der Waals surface area contributed by atoms with E-state index in [1.54, 1.807) is 6.07 Å². The number of benzene rings is 2. The lowest BCUT2D eigenvalue weighted by Gasteiger charge is -2.41. The Morgan fingerprint density at radius 3 is 2.86 bits per heavy atom. The molecule has 3 atom stereocenters. The van der Waals surface area contributed by atoms with Gasteiger partial charge in [-0.25, -0.2) is 4.98 Å². The Kier molecular flexibility index (Phi) is 4.02. The summed E-state index contributed by atoms with van der Waals surface area (Å²) < 4.78 is 0. The van der Waals surface area contributed by atoms with Crippen molar-refractivity contribution in [1.82, 2.24) is 14.9 Å². The van der Waals surface area contributed by atoms with Crippen molar-refractivity contribution in [2.24, 2.45) is 11.7 Å². The monoisotopic (exact) mass is 374 g/mol. The minimum absolute atomic E-state index is 0.105. The largest absolute Gasteiger partial charge is 0.366 e. The molecule has 5 heteroatoms. The predicted molar refractivity (Wildman–Crippen MR) is 110 cm³/mol. The molecule has 144 valence electrons. The Hall–Kier alpha value is -2.66. The molecular formula is C23H26N4O. The third-order valence-corrected chi connectivity index (χ3v) is 6.80. The lowest BCUT2D eigenvalue weighted by Crippen LogP contribution is -2.43. The van der Waals surface area contributed by atoms with Gasteiger partial charge in [0.05, 0.1) is 16.6 Å². The number of imidazole rings is 1. The summed E-state index contributed by atoms with van der Waals surface area (Å²) in [6.45, 7) is 3.39. The van der Waals surface area contributed by atoms with E-state index in [-0.39, 0.29) is 5.54 Å². The van der Waals surface area contributed by atoms with Crippen molar-refractivity contribution in [2.45, 2.75) is 44.2 Å². The number of nitrogens with one attached hydrogen (secondary N) is 1. The average molecular weight is 374 g/mol. The molecule has 28 heavy (non-hydrogen) atoms. The number of hydrogen-bond acceptors (Lipinski definition) is 3. The van der Waals surface area contributed by atoms with E-state index >= 15 is 0 Å². The molecule has 1 saturated carbocycles. The number of aromatic nitrogens is 2. The highest BCUT2D eigenvalue weighted by Gasteiger charge is 2.52. The van der Waals surface area contributed by atoms with Crippen LogP contribution >= 0.6 is 0 Å². The first-order valence-electron chi connectivity index (χ1n) is 10.2. The molecule has 1 aromatic heterocycles. The lowest BCUT2D eigenvalue weighted by molar-refractivity contribution is 0.0737. The molecule has 0 radical (unpaired) electrons. The summed E-state index contributed by atoms with van der Waals surface area (Å²) in [5, 5.41) is 0. The summed E-state index contributed by atoms with van der Waals surface area (Å²) in [6, 6.07) is 16.6. The highest BCUT2D eigenvalue weighted by molar-refractivity contribution is 6.04. The number of amides is 1. The molecule has 2 bridgehead atoms. The number of H-pyrrole nitrogens is 1. The number of primary amides is 1. The van der Waals surface area contributed by atoms with Gasteiger partial charge in [-0.3, -0.25) is 9.69 Å². The van der Waals surface area contributed by atoms with Crippen LogP contribution in [0.5, 0.6) is 0 Å². The van der Waals surface area contributed by atoms with Crippen molar-refractivity contribution >= 4 is 16.9 Å². The van der Waals surface area contributed by atoms with Crippen LogP contribution in [0.4, 0.5) is 0 Å². The highest BCUT2D eigenvalue weighted by atomic mass is 16.1. The Morgan fingerprint density at radius 1 is 1.25 bits per heavy atom. The third-order valence-electron chi connectivity index (χ3n) is 6.80. The summed E-state index contributed by atoms with van der Waals surface area (Å²) in [5.74, 6) is 1.26. The summed E-state index contributed by atoms with van der Waals surface area (Å²) in [4.78, 5) is 23.0. The van der Waals surface area contributed by atoms with Crippen LogP contribution in [0.1, 0.15) is 60.4 Å². The molecule has 1 saturated heterocycles. The van der Waals surface area contributed by atoms with Crippen molar-refractivity contribution in [2.75, 3.05) is 6.54 Å². The van der Waals surface area contributed by atoms with Crippen LogP contribution in [0.15, 0.2) is 48.5 Å². The van der Waals surface area contributed by atoms with E-state index in [2.05, 4.69) is 47.1 Å². The Morgan fingerprint density at radius 2 is 2.07 bits per heavy atom. The molecule has 2 aliphatic rings. The third kappa shape index (κ3) is 2.57. The molecular weight excluding hydrogens is 348 g/mol. The lowest BCUT2D eigenvalue weighted by atomic mass is 9.79. The number of nitrogens with two attached hydrogens (primary N) is 1. The maximum atomic E-state index is 11.9. The number of fused-ring (bicyclic) bond motifs is 3. The van der Waals surface area contributed by atoms with Crippen molar-refractivity contribution in [3.8, 4) is 0 Å². The van der Waals surface area contributed by atoms with Gasteiger partial charge in [0.1, 0.15) is 11.3 Å². The van der Waals surface area contributed by atoms with Gasteiger partial charge >= 0.3 is 0 Å². The topological polar surface area (TPSA) is 75.0 Å². The SMILES string of the molecule is C[C@@H](c1ccccc1)N1C[C@@H]2CCC[C@]1(c1nc3c(C(N)=O)cccc3[nH]1)C2. The smallest absolute Gasteiger partial charge is 0.250 e. The number of carbonyl (C=O) groups excluding carboxylic acids is 1. The summed E-state index contributed by atoms with van der Waals surface area (Å²) in [7, 11) is 0. The molecule has 3 aromatic rings. The zero-order chi connectivity index (χ0) is 19.3. The maximum absolute atomic E-state index is 11.9. The van der Waals surface area contributed by atoms with Gasteiger partial charge in [0.25, 0.3) is 5.91 Å². The minimum Gasteiger partial charge on any atom is -0.366 e. The second-order valence-electron chi connectivity index (χ2n) is 8.38. The first-order valence-corrected chi connectivity index (χ1v) is 10.2. The second kappa shape index (κ2) is 6.45. The normalized spacial score (nSPS) is 25.8. The van der Waals surface area contributed by atoms with E-state index in [4.69, 9.17) is 10.7 Å². The van der Waals surface area contributed by atoms with Crippen LogP contribution in [0.25, 0.3) is 11.0 Å². The average Bonchev–Trinajstić information content (AvgIpc) is 3.27. The summed E-state index contributed by atoms with van der Waals surface area (Å²) >= 11 is 0. The van der Waals surface area contributed by atoms with Gasteiger partial charge in [-0.15, -0.1) is 0 Å². The molecule has 5 rings (SSSR count). The molecule has 3 N–H and O–H groups in total. The maximum Gasteiger partial charge on any atom is 0.250 e. The molecule has 2 fully saturated rings. The predicted octanol–water partition coefficient (Wildman–Crippen LogP) is 4.12. The molecule has 2 heterocycles. The molecule has 5 nitrogen and oxygen atoms in total. The number of likely N-dealkylation sites (tertiary alicyclic amines) is 1. The van der Waals surface area contributed by atoms with Crippen molar-refractivity contribution in [3.05, 3.63) is 65.5 Å². The fraction of sp³-hybridized carbons (Fsp3) is 0.391. The number of aromatic amines is 1. The van der Waals surface area contributed by atoms with Crippen molar-refractivity contribution in [1.29, 1.82) is 0 Å². The zero-order valence-electron chi connectivity index (χ0n) is 16.2. The van der Waals surface area contributed by atoms with Crippen LogP contribution in [0, 0.1) is 5.92 Å². The van der Waals surface area contributed by atoms with Crippen molar-refractivity contribution < 1.29 is 4.79 Å². The van der Waals surface area contributed by atoms with Crippen LogP contribution in [-0.2, 0) is 5.54 Å². The van der Waals surface area contributed by atoms with Gasteiger partial charge in [-0.2, -0.15) is 0 Å². The molecule has 1 amide bonds. The van der Waals surface area contributed by atoms with Crippen LogP contribution in [-0.4, -0.2) is 27.3 Å². The molecule has 0 spiro atoms. The first-order chi connectivity index (χ1) is 13.6. The quantitative estimate of drug-likeness (QED) is 0.721. The molecule has 1 aliphatic heterocycles. The van der Waals surface area contributed by atoms with E-state index in [9.17, 15) is 4.79 Å². The number of hydrogen-bond donors (Lipinski definition) is 2. The van der Waals surface area contributed by atoms with Gasteiger partial charge < -0.3 is 10.7 Å². The zero-order valence-corrected chi connectivity index (χ0v) is 16.2. The Labute approximate surface area is 164 Å². The standard InChI is InChI=1S/C23H26N4O/c1-15(17-8-3-2-4-9-17)27-14-16-7-6-12-23(27,13-16)22-25-19-11-5-10-18(21(24)28)20(19)26-22/h2-5,8-11,15-16H,6-7,12-14H2,1H3,(H2,24,28)(H,25,26)/t15-,16+,23+/m0/s1. The van der Waals surface area contributed by atoms with Crippen molar-refractivity contribution in [3.63, 3.8) is 0 Å². The first kappa shape index (κ1) is 17.4. The number of carbonyl (C=O) groups is 1. The van der Waals surface area contributed by atoms with Crippen LogP contribution < -0.4 is 5.73 Å². The van der Waals surface area contributed by atoms with Crippen LogP contribution in [0.2, 0.25) is 0 Å². The van der Waals surface area contributed by atoms with Gasteiger partial charge in [0.15, 0.2) is 0 Å². The molecule has 1 aliphatic carbocycles. The second-order valence-corrected chi connectivity index (χ2v) is 8.38. The van der Waals surface area contributed by atoms with E-state index in [1.165, 1.54) is 18.4 Å². The fourth-order valence-electron chi connectivity index (χ4n) is 5.48. The number of rotatable bonds is 4. The number of nitrogens with zero attached hydrogens (tertiary/aromatic N) is 2. The van der Waals surface area contributed by atoms with Gasteiger partial charge in [-0.05, 0) is 49.8 Å². The van der Waals surface area contributed by atoms with Gasteiger partial charge in [-0.1, -0.05) is 42.8 Å². The van der Waals surface area contributed by atoms with Gasteiger partial charge in [0.2, 0.25) is 0 Å². The van der Waals surface area contributed by atoms with E-state index in [0.717, 1.165) is 30.7 Å². The fourth-order valence-corrected chi connectivity index (χ4v) is 5.48. The molecule has 0 unspecified atom stereocenters. The van der Waals surface area contributed by atoms with Gasteiger partial charge in [0, 0.05) is 12.6 Å². The summed E-state index contributed by atoms with van der Waals surface area (Å²) in [5.41, 5.74) is 8.90. The summed E-state index contributed by atoms with van der Waals surface area (Å²) in [6.07, 6.45) is 4.71. The van der Waals surface area contributed by atoms with E-state index in [0.29, 0.717) is 23.0 Å². The van der Waals surface area contributed by atoms with E-state index in [1.807, 2.05) is 12.1 Å². The number of para-hydroxylation sites is 1. The highest BCUT2D eigenvalue weighted by Crippen LogP contribution is 2.53.